The third kappa shape index (κ3) is 7.65. The molecule has 0 fully saturated rings. The summed E-state index contributed by atoms with van der Waals surface area (Å²) in [5.41, 5.74) is 8.24. The number of halogens is 1. The lowest BCUT2D eigenvalue weighted by Crippen LogP contribution is -2.39. The van der Waals surface area contributed by atoms with Crippen LogP contribution in [0.1, 0.15) is 62.5 Å². The van der Waals surface area contributed by atoms with Crippen molar-refractivity contribution in [1.82, 2.24) is 30.3 Å². The van der Waals surface area contributed by atoms with Crippen LogP contribution in [0.25, 0.3) is 27.6 Å². The van der Waals surface area contributed by atoms with Crippen LogP contribution in [0.3, 0.4) is 0 Å². The topological polar surface area (TPSA) is 86.9 Å². The number of aliphatic imine (C=N–C) groups is 1. The van der Waals surface area contributed by atoms with E-state index in [-0.39, 0.29) is 11.7 Å². The number of carbonyl (C=O) groups excluding carboxylic acids is 1. The molecule has 1 aliphatic rings. The molecule has 0 radical (unpaired) electrons. The molecule has 8 nitrogen and oxygen atoms in total. The van der Waals surface area contributed by atoms with Crippen LogP contribution in [-0.2, 0) is 0 Å². The van der Waals surface area contributed by atoms with Crippen molar-refractivity contribution < 1.29 is 9.18 Å². The van der Waals surface area contributed by atoms with Gasteiger partial charge < -0.3 is 10.7 Å². The molecule has 0 saturated carbocycles. The van der Waals surface area contributed by atoms with Gasteiger partial charge in [-0.25, -0.2) is 18.9 Å². The maximum atomic E-state index is 13.6. The fourth-order valence-electron chi connectivity index (χ4n) is 4.65. The van der Waals surface area contributed by atoms with Gasteiger partial charge in [0.2, 0.25) is 0 Å². The van der Waals surface area contributed by atoms with Crippen LogP contribution in [0, 0.1) is 12.8 Å². The minimum absolute atomic E-state index is 0.0307. The number of ketones is 1. The number of alkyl halides is 1. The van der Waals surface area contributed by atoms with Crippen molar-refractivity contribution in [2.24, 2.45) is 4.99 Å². The summed E-state index contributed by atoms with van der Waals surface area (Å²) in [7, 11) is 2.73. The quantitative estimate of drug-likeness (QED) is 0.0930. The number of rotatable bonds is 10. The first-order chi connectivity index (χ1) is 20.4. The summed E-state index contributed by atoms with van der Waals surface area (Å²) in [6, 6.07) is 14.6. The monoisotopic (exact) mass is 587 g/mol. The lowest BCUT2D eigenvalue weighted by atomic mass is 9.93. The molecule has 2 N–H and O–H groups in total. The van der Waals surface area contributed by atoms with Gasteiger partial charge in [-0.05, 0) is 49.3 Å². The van der Waals surface area contributed by atoms with Gasteiger partial charge in [0.15, 0.2) is 11.4 Å². The summed E-state index contributed by atoms with van der Waals surface area (Å²) in [5, 5.41) is 10.4. The number of hydrogen-bond acceptors (Lipinski definition) is 7. The van der Waals surface area contributed by atoms with E-state index in [0.717, 1.165) is 43.5 Å². The molecule has 0 saturated heterocycles. The molecular formula is C32H39FN7OP. The minimum atomic E-state index is -1.36. The molecule has 0 spiro atoms. The predicted octanol–water partition coefficient (Wildman–Crippen LogP) is 6.70. The zero-order chi connectivity index (χ0) is 30.6. The molecule has 10 heteroatoms. The van der Waals surface area contributed by atoms with Crippen molar-refractivity contribution in [3.63, 3.8) is 0 Å². The van der Waals surface area contributed by atoms with Gasteiger partial charge in [0.25, 0.3) is 6.42 Å². The zero-order valence-corrected chi connectivity index (χ0v) is 25.8. The van der Waals surface area contributed by atoms with Gasteiger partial charge in [-0.1, -0.05) is 65.4 Å². The molecule has 0 amide bonds. The van der Waals surface area contributed by atoms with Gasteiger partial charge in [0.05, 0.1) is 24.0 Å². The number of nitrogens with zero attached hydrogens (tertiary/aromatic N) is 5. The molecule has 0 bridgehead atoms. The van der Waals surface area contributed by atoms with Crippen LogP contribution in [0.2, 0.25) is 0 Å². The Morgan fingerprint density at radius 2 is 1.90 bits per heavy atom. The lowest BCUT2D eigenvalue weighted by molar-refractivity contribution is 0.101. The summed E-state index contributed by atoms with van der Waals surface area (Å²) in [6.45, 7) is 8.81. The molecule has 220 valence electrons. The highest BCUT2D eigenvalue weighted by atomic mass is 31.0. The number of benzene rings is 1. The van der Waals surface area contributed by atoms with Crippen molar-refractivity contribution in [1.29, 1.82) is 0 Å². The number of hydrogen-bond donors (Lipinski definition) is 2. The smallest absolute Gasteiger partial charge is 0.264 e. The highest BCUT2D eigenvalue weighted by Gasteiger charge is 2.23. The Morgan fingerprint density at radius 1 is 1.17 bits per heavy atom. The number of terminal acetylenes is 1. The summed E-state index contributed by atoms with van der Waals surface area (Å²) >= 11 is 0. The van der Waals surface area contributed by atoms with Crippen LogP contribution < -0.4 is 10.7 Å². The Bertz CT molecular complexity index is 1500. The second kappa shape index (κ2) is 15.9. The second-order valence-corrected chi connectivity index (χ2v) is 10.4. The van der Waals surface area contributed by atoms with Crippen molar-refractivity contribution in [3.8, 4) is 34.8 Å². The molecular weight excluding hydrogens is 548 g/mol. The van der Waals surface area contributed by atoms with Gasteiger partial charge in [-0.3, -0.25) is 4.79 Å². The zero-order valence-electron chi connectivity index (χ0n) is 24.9. The van der Waals surface area contributed by atoms with Crippen molar-refractivity contribution in [3.05, 3.63) is 71.9 Å². The highest BCUT2D eigenvalue weighted by Crippen LogP contribution is 2.34. The Morgan fingerprint density at radius 3 is 2.50 bits per heavy atom. The number of hydrazine groups is 1. The first-order valence-corrected chi connectivity index (χ1v) is 15.1. The van der Waals surface area contributed by atoms with E-state index in [1.807, 2.05) is 38.2 Å². The Labute approximate surface area is 249 Å². The number of amidine groups is 1. The van der Waals surface area contributed by atoms with Crippen LogP contribution in [0.5, 0.6) is 0 Å². The molecule has 1 aliphatic heterocycles. The number of aromatic nitrogens is 3. The van der Waals surface area contributed by atoms with E-state index >= 15 is 0 Å². The standard InChI is InChI=1S/C28H31FN7OP.C2H6.C2H2/c1-4-19(12-13-30-15-25-32-28(29)35(3)34-25)26-23(18(2)37)16-36-27(33-26)22(14-31-36)21-10-11-24(38-17-21)20-8-6-5-7-9-20;2*1-2/h5-11,14,16-17,19,28,30H,4,12-13,15H2,1-3H3,(H,32,34);1-2H3;1-2H. The second-order valence-electron chi connectivity index (χ2n) is 9.40. The lowest BCUT2D eigenvalue weighted by Gasteiger charge is -2.18. The molecule has 1 aromatic carbocycles. The van der Waals surface area contributed by atoms with E-state index in [0.29, 0.717) is 24.5 Å². The fraction of sp³-hybridized carbons (Fsp3) is 0.344. The van der Waals surface area contributed by atoms with Crippen LogP contribution >= 0.6 is 8.19 Å². The van der Waals surface area contributed by atoms with Gasteiger partial charge in [-0.2, -0.15) is 10.1 Å². The van der Waals surface area contributed by atoms with Crippen molar-refractivity contribution in [2.75, 3.05) is 20.1 Å². The highest BCUT2D eigenvalue weighted by molar-refractivity contribution is 7.33. The largest absolute Gasteiger partial charge is 0.310 e. The molecule has 2 unspecified atom stereocenters. The van der Waals surface area contributed by atoms with Crippen LogP contribution in [-0.4, -0.2) is 57.8 Å². The van der Waals surface area contributed by atoms with E-state index in [1.54, 1.807) is 24.7 Å². The number of nitrogens with one attached hydrogen (secondary N) is 2. The predicted molar refractivity (Wildman–Crippen MR) is 171 cm³/mol. The van der Waals surface area contributed by atoms with E-state index in [2.05, 4.69) is 70.7 Å². The minimum Gasteiger partial charge on any atom is -0.310 e. The van der Waals surface area contributed by atoms with Gasteiger partial charge >= 0.3 is 0 Å². The molecule has 0 aliphatic carbocycles. The number of fused-ring (bicyclic) bond motifs is 1. The number of Topliss-reactive ketones (excluding diaryl/α,β-unsaturated/α-hetero) is 1. The van der Waals surface area contributed by atoms with E-state index < -0.39 is 6.42 Å². The van der Waals surface area contributed by atoms with E-state index in [9.17, 15) is 9.18 Å². The molecule has 4 aromatic rings. The van der Waals surface area contributed by atoms with E-state index in [4.69, 9.17) is 4.98 Å². The van der Waals surface area contributed by atoms with Gasteiger partial charge in [0.1, 0.15) is 5.84 Å². The molecule has 3 aromatic heterocycles. The fourth-order valence-corrected chi connectivity index (χ4v) is 5.61. The van der Waals surface area contributed by atoms with Crippen LogP contribution in [0.15, 0.2) is 65.6 Å². The Balaban J connectivity index is 0.00000116. The molecule has 42 heavy (non-hydrogen) atoms. The normalized spacial score (nSPS) is 15.2. The molecule has 5 rings (SSSR count). The number of carbonyl (C=O) groups is 1. The maximum Gasteiger partial charge on any atom is 0.264 e. The molecule has 4 heterocycles. The third-order valence-corrected chi connectivity index (χ3v) is 7.87. The summed E-state index contributed by atoms with van der Waals surface area (Å²) in [6.07, 6.45) is 11.9. The summed E-state index contributed by atoms with van der Waals surface area (Å²) in [5.74, 6) is 2.80. The molecule has 2 atom stereocenters. The first-order valence-electron chi connectivity index (χ1n) is 14.1. The van der Waals surface area contributed by atoms with E-state index in [1.165, 1.54) is 15.9 Å². The average molecular weight is 588 g/mol. The maximum absolute atomic E-state index is 13.6. The Kier molecular flexibility index (Phi) is 12.3. The third-order valence-electron chi connectivity index (χ3n) is 6.78. The van der Waals surface area contributed by atoms with Crippen molar-refractivity contribution >= 4 is 25.5 Å². The summed E-state index contributed by atoms with van der Waals surface area (Å²) < 4.78 is 15.3. The summed E-state index contributed by atoms with van der Waals surface area (Å²) in [4.78, 5) is 21.5. The SMILES string of the molecule is C#C.CC.CCC(CCNCC1=NC(F)N(C)N1)c1nc2c(-c3ccc(-c4ccccc4)pc3)cnn2cc1C(C)=O. The van der Waals surface area contributed by atoms with Gasteiger partial charge in [-0.15, -0.1) is 12.8 Å². The first kappa shape index (κ1) is 32.6. The Hall–Kier alpha value is -3.96. The van der Waals surface area contributed by atoms with Crippen LogP contribution in [0.4, 0.5) is 4.39 Å². The average Bonchev–Trinajstić information content (AvgIpc) is 3.60. The van der Waals surface area contributed by atoms with Crippen molar-refractivity contribution in [2.45, 2.75) is 52.9 Å². The van der Waals surface area contributed by atoms with Gasteiger partial charge in [0, 0.05) is 30.0 Å².